The summed E-state index contributed by atoms with van der Waals surface area (Å²) >= 11 is 1.83. The number of likely N-dealkylation sites (N-methyl/N-ethyl adjacent to an activating group) is 1. The molecule has 2 atom stereocenters. The van der Waals surface area contributed by atoms with E-state index < -0.39 is 0 Å². The van der Waals surface area contributed by atoms with Gasteiger partial charge in [0.25, 0.3) is 0 Å². The Labute approximate surface area is 143 Å². The molecule has 0 radical (unpaired) electrons. The molecule has 5 rings (SSSR count). The van der Waals surface area contributed by atoms with E-state index in [4.69, 9.17) is 4.98 Å². The molecule has 2 unspecified atom stereocenters. The van der Waals surface area contributed by atoms with Crippen molar-refractivity contribution >= 4 is 16.5 Å². The fourth-order valence-corrected chi connectivity index (χ4v) is 7.70. The Hall–Kier alpha value is -0.610. The van der Waals surface area contributed by atoms with Crippen LogP contribution in [0.5, 0.6) is 0 Å². The summed E-state index contributed by atoms with van der Waals surface area (Å²) in [5.41, 5.74) is 2.71. The molecule has 2 bridgehead atoms. The number of nitrogens with one attached hydrogen (secondary N) is 1. The van der Waals surface area contributed by atoms with E-state index in [0.29, 0.717) is 5.41 Å². The van der Waals surface area contributed by atoms with Gasteiger partial charge in [0.05, 0.1) is 5.69 Å². The van der Waals surface area contributed by atoms with Crippen LogP contribution in [0.2, 0.25) is 0 Å². The maximum Gasteiger partial charge on any atom is 0.182 e. The van der Waals surface area contributed by atoms with Crippen LogP contribution in [0.15, 0.2) is 5.38 Å². The Morgan fingerprint density at radius 2 is 1.96 bits per heavy atom. The average Bonchev–Trinajstić information content (AvgIpc) is 3.19. The number of hydrogen-bond donors (Lipinski definition) is 1. The van der Waals surface area contributed by atoms with Crippen molar-refractivity contribution in [2.45, 2.75) is 51.4 Å². The molecule has 0 amide bonds. The van der Waals surface area contributed by atoms with Gasteiger partial charge in [-0.25, -0.2) is 4.98 Å². The number of nitrogens with zero attached hydrogens (tertiary/aromatic N) is 2. The van der Waals surface area contributed by atoms with E-state index in [1.54, 1.807) is 0 Å². The van der Waals surface area contributed by atoms with Crippen molar-refractivity contribution in [3.63, 3.8) is 0 Å². The highest BCUT2D eigenvalue weighted by Crippen LogP contribution is 2.84. The topological polar surface area (TPSA) is 28.2 Å². The minimum absolute atomic E-state index is 0.468. The van der Waals surface area contributed by atoms with E-state index in [1.807, 2.05) is 11.3 Å². The monoisotopic (exact) mass is 331 g/mol. The first-order valence-electron chi connectivity index (χ1n) is 9.62. The van der Waals surface area contributed by atoms with Crippen molar-refractivity contribution < 1.29 is 0 Å². The first kappa shape index (κ1) is 14.7. The van der Waals surface area contributed by atoms with Crippen molar-refractivity contribution in [3.8, 4) is 0 Å². The van der Waals surface area contributed by atoms with Crippen LogP contribution in [0.3, 0.4) is 0 Å². The van der Waals surface area contributed by atoms with Crippen molar-refractivity contribution in [2.24, 2.45) is 23.2 Å². The first-order valence-corrected chi connectivity index (χ1v) is 10.5. The zero-order valence-electron chi connectivity index (χ0n) is 14.5. The predicted molar refractivity (Wildman–Crippen MR) is 96.1 cm³/mol. The van der Waals surface area contributed by atoms with E-state index in [2.05, 4.69) is 29.4 Å². The lowest BCUT2D eigenvalue weighted by Gasteiger charge is -2.66. The maximum atomic E-state index is 5.05. The highest BCUT2D eigenvalue weighted by molar-refractivity contribution is 7.13. The van der Waals surface area contributed by atoms with Gasteiger partial charge in [0, 0.05) is 23.9 Å². The smallest absolute Gasteiger partial charge is 0.182 e. The third-order valence-corrected chi connectivity index (χ3v) is 8.78. The number of thiazole rings is 1. The lowest BCUT2D eigenvalue weighted by Crippen LogP contribution is -2.59. The molecule has 3 nitrogen and oxygen atoms in total. The van der Waals surface area contributed by atoms with Crippen LogP contribution in [0.4, 0.5) is 5.13 Å². The summed E-state index contributed by atoms with van der Waals surface area (Å²) in [4.78, 5) is 7.51. The normalized spacial score (nSPS) is 42.5. The lowest BCUT2D eigenvalue weighted by atomic mass is 9.38. The predicted octanol–water partition coefficient (Wildman–Crippen LogP) is 3.97. The molecule has 4 saturated carbocycles. The fourth-order valence-electron chi connectivity index (χ4n) is 6.84. The number of fused-ring (bicyclic) bond motifs is 1. The summed E-state index contributed by atoms with van der Waals surface area (Å²) < 4.78 is 0. The number of aromatic nitrogens is 1. The van der Waals surface area contributed by atoms with E-state index in [0.717, 1.165) is 54.5 Å². The van der Waals surface area contributed by atoms with Gasteiger partial charge in [-0.05, 0) is 68.4 Å². The van der Waals surface area contributed by atoms with Gasteiger partial charge in [0.1, 0.15) is 0 Å². The van der Waals surface area contributed by atoms with Crippen molar-refractivity contribution in [1.82, 2.24) is 9.88 Å². The van der Waals surface area contributed by atoms with E-state index >= 15 is 0 Å². The van der Waals surface area contributed by atoms with Crippen LogP contribution < -0.4 is 5.32 Å². The van der Waals surface area contributed by atoms with Crippen molar-refractivity contribution in [2.75, 3.05) is 31.5 Å². The van der Waals surface area contributed by atoms with Gasteiger partial charge in [-0.2, -0.15) is 0 Å². The molecule has 0 saturated heterocycles. The summed E-state index contributed by atoms with van der Waals surface area (Å²) in [6.45, 7) is 8.87. The standard InChI is InChI=1S/C19H29N3S/c1-3-22(4-2)6-5-20-17-21-16(11-23-17)18-9-14-7-13-8-15(10-18)19(13,14)12-18/h11,13-15H,3-10,12H2,1-2H3,(H,20,21). The van der Waals surface area contributed by atoms with Crippen LogP contribution in [0.1, 0.15) is 51.6 Å². The molecular formula is C19H29N3S. The highest BCUT2D eigenvalue weighted by Gasteiger charge is 2.77. The van der Waals surface area contributed by atoms with Crippen LogP contribution >= 0.6 is 11.3 Å². The number of anilines is 1. The summed E-state index contributed by atoms with van der Waals surface area (Å²) in [5, 5.41) is 7.09. The van der Waals surface area contributed by atoms with Gasteiger partial charge in [-0.15, -0.1) is 11.3 Å². The number of rotatable bonds is 7. The molecule has 1 heterocycles. The zero-order chi connectivity index (χ0) is 15.7. The molecule has 0 aromatic carbocycles. The number of hydrogen-bond acceptors (Lipinski definition) is 4. The second-order valence-corrected chi connectivity index (χ2v) is 9.39. The zero-order valence-corrected chi connectivity index (χ0v) is 15.3. The van der Waals surface area contributed by atoms with Crippen molar-refractivity contribution in [3.05, 3.63) is 11.1 Å². The Morgan fingerprint density at radius 1 is 1.22 bits per heavy atom. The maximum absolute atomic E-state index is 5.05. The Balaban J connectivity index is 1.26. The van der Waals surface area contributed by atoms with Gasteiger partial charge in [-0.3, -0.25) is 0 Å². The molecule has 1 aromatic heterocycles. The van der Waals surface area contributed by atoms with Crippen molar-refractivity contribution in [1.29, 1.82) is 0 Å². The Kier molecular flexibility index (Phi) is 3.17. The van der Waals surface area contributed by atoms with Gasteiger partial charge < -0.3 is 10.2 Å². The van der Waals surface area contributed by atoms with Crippen LogP contribution in [-0.4, -0.2) is 36.1 Å². The SMILES string of the molecule is CCN(CC)CCNc1nc(C23CC4CC5CC(C2)C54C3)cs1. The van der Waals surface area contributed by atoms with Gasteiger partial charge in [0.2, 0.25) is 0 Å². The molecule has 23 heavy (non-hydrogen) atoms. The molecular weight excluding hydrogens is 302 g/mol. The second kappa shape index (κ2) is 4.95. The highest BCUT2D eigenvalue weighted by atomic mass is 32.1. The first-order chi connectivity index (χ1) is 11.2. The van der Waals surface area contributed by atoms with E-state index in [9.17, 15) is 0 Å². The molecule has 4 aliphatic carbocycles. The molecule has 4 aliphatic rings. The molecule has 1 spiro atoms. The third-order valence-electron chi connectivity index (χ3n) is 7.98. The fraction of sp³-hybridized carbons (Fsp3) is 0.842. The van der Waals surface area contributed by atoms with Crippen LogP contribution in [-0.2, 0) is 5.41 Å². The van der Waals surface area contributed by atoms with Gasteiger partial charge >= 0.3 is 0 Å². The average molecular weight is 332 g/mol. The van der Waals surface area contributed by atoms with Gasteiger partial charge in [-0.1, -0.05) is 13.8 Å². The van der Waals surface area contributed by atoms with Gasteiger partial charge in [0.15, 0.2) is 5.13 Å². The summed E-state index contributed by atoms with van der Waals surface area (Å²) in [5.74, 6) is 3.22. The Morgan fingerprint density at radius 3 is 2.57 bits per heavy atom. The molecule has 126 valence electrons. The summed E-state index contributed by atoms with van der Waals surface area (Å²) in [7, 11) is 0. The van der Waals surface area contributed by atoms with Crippen LogP contribution in [0.25, 0.3) is 0 Å². The molecule has 1 N–H and O–H groups in total. The van der Waals surface area contributed by atoms with E-state index in [-0.39, 0.29) is 0 Å². The quantitative estimate of drug-likeness (QED) is 0.819. The molecule has 4 heteroatoms. The molecule has 4 fully saturated rings. The lowest BCUT2D eigenvalue weighted by molar-refractivity contribution is -0.175. The molecule has 1 aromatic rings. The third kappa shape index (κ3) is 1.82. The minimum Gasteiger partial charge on any atom is -0.360 e. The summed E-state index contributed by atoms with van der Waals surface area (Å²) in [6.07, 6.45) is 7.45. The minimum atomic E-state index is 0.468. The second-order valence-electron chi connectivity index (χ2n) is 8.53. The Bertz CT molecular complexity index is 590. The molecule has 0 aliphatic heterocycles. The summed E-state index contributed by atoms with van der Waals surface area (Å²) in [6, 6.07) is 0. The largest absolute Gasteiger partial charge is 0.360 e. The van der Waals surface area contributed by atoms with Crippen LogP contribution in [0, 0.1) is 23.2 Å². The van der Waals surface area contributed by atoms with E-state index in [1.165, 1.54) is 37.8 Å².